The van der Waals surface area contributed by atoms with Gasteiger partial charge in [-0.2, -0.15) is 0 Å². The van der Waals surface area contributed by atoms with Crippen molar-refractivity contribution in [3.63, 3.8) is 0 Å². The molecule has 0 aliphatic rings. The Morgan fingerprint density at radius 2 is 0.750 bits per heavy atom. The molecule has 2 heteroatoms. The van der Waals surface area contributed by atoms with E-state index >= 15 is 0 Å². The van der Waals surface area contributed by atoms with Crippen molar-refractivity contribution in [2.75, 3.05) is 0 Å². The van der Waals surface area contributed by atoms with Gasteiger partial charge in [0.25, 0.3) is 0 Å². The molecule has 0 bridgehead atoms. The molecule has 0 N–H and O–H groups in total. The molecule has 0 fully saturated rings. The Hall–Kier alpha value is -5.86. The molecule has 0 amide bonds. The fourth-order valence-electron chi connectivity index (χ4n) is 8.09. The van der Waals surface area contributed by atoms with Crippen LogP contribution in [0.15, 0.2) is 146 Å². The monoisotopic (exact) mass is 556 g/mol. The van der Waals surface area contributed by atoms with Crippen molar-refractivity contribution in [1.82, 2.24) is 8.80 Å². The molecule has 7 aromatic carbocycles. The summed E-state index contributed by atoms with van der Waals surface area (Å²) in [6.45, 7) is 0. The zero-order valence-electron chi connectivity index (χ0n) is 23.8. The molecule has 0 unspecified atom stereocenters. The highest BCUT2D eigenvalue weighted by molar-refractivity contribution is 6.26. The third-order valence-corrected chi connectivity index (χ3v) is 9.96. The quantitative estimate of drug-likeness (QED) is 0.200. The zero-order chi connectivity index (χ0) is 28.5. The molecule has 0 atom stereocenters. The van der Waals surface area contributed by atoms with Crippen LogP contribution in [0.4, 0.5) is 0 Å². The van der Waals surface area contributed by atoms with Gasteiger partial charge in [0.05, 0.1) is 33.1 Å². The molecular weight excluding hydrogens is 532 g/mol. The molecule has 44 heavy (non-hydrogen) atoms. The lowest BCUT2D eigenvalue weighted by molar-refractivity contribution is 1.37. The van der Waals surface area contributed by atoms with E-state index in [1.807, 2.05) is 0 Å². The maximum Gasteiger partial charge on any atom is 0.0620 e. The third kappa shape index (κ3) is 2.72. The van der Waals surface area contributed by atoms with Crippen LogP contribution in [0.5, 0.6) is 0 Å². The van der Waals surface area contributed by atoms with Crippen LogP contribution in [0.2, 0.25) is 0 Å². The molecule has 0 saturated carbocycles. The Bertz CT molecular complexity index is 2920. The summed E-state index contributed by atoms with van der Waals surface area (Å²) in [6.07, 6.45) is 0. The van der Waals surface area contributed by atoms with Gasteiger partial charge in [0.1, 0.15) is 0 Å². The number of hydrogen-bond acceptors (Lipinski definition) is 0. The second-order valence-electron chi connectivity index (χ2n) is 12.2. The largest absolute Gasteiger partial charge is 0.308 e. The van der Waals surface area contributed by atoms with Gasteiger partial charge >= 0.3 is 0 Å². The van der Waals surface area contributed by atoms with E-state index in [4.69, 9.17) is 0 Å². The Balaban J connectivity index is 1.25. The first-order valence-corrected chi connectivity index (χ1v) is 15.3. The summed E-state index contributed by atoms with van der Waals surface area (Å²) in [5.74, 6) is 0. The maximum absolute atomic E-state index is 2.48. The fourth-order valence-corrected chi connectivity index (χ4v) is 8.09. The summed E-state index contributed by atoms with van der Waals surface area (Å²) in [7, 11) is 0. The van der Waals surface area contributed by atoms with Crippen LogP contribution < -0.4 is 0 Å². The minimum atomic E-state index is 1.24. The van der Waals surface area contributed by atoms with E-state index in [-0.39, 0.29) is 0 Å². The van der Waals surface area contributed by atoms with Crippen molar-refractivity contribution in [2.45, 2.75) is 0 Å². The Kier molecular flexibility index (Phi) is 4.10. The molecule has 0 aliphatic carbocycles. The lowest BCUT2D eigenvalue weighted by Gasteiger charge is -2.07. The number of rotatable bonds is 2. The normalized spacial score (nSPS) is 12.5. The van der Waals surface area contributed by atoms with Crippen molar-refractivity contribution in [3.05, 3.63) is 146 Å². The van der Waals surface area contributed by atoms with E-state index in [2.05, 4.69) is 154 Å². The van der Waals surface area contributed by atoms with E-state index in [9.17, 15) is 0 Å². The van der Waals surface area contributed by atoms with E-state index < -0.39 is 0 Å². The van der Waals surface area contributed by atoms with Crippen LogP contribution in [0.3, 0.4) is 0 Å². The highest BCUT2D eigenvalue weighted by atomic mass is 14.9. The Morgan fingerprint density at radius 3 is 1.52 bits per heavy atom. The standard InChI is InChI=1S/C42H24N2/c1-2-9-25(10-3-1)26-18-20-39-34(21-26)36-23-28(22-35-30-12-5-7-16-38(30)43(39)42(35)36)27-17-19-31-33-14-8-13-32-29-11-4-6-15-37(29)44(41(32)33)40(31)24-27/h1-24H. The molecule has 0 aliphatic heterocycles. The minimum absolute atomic E-state index is 1.24. The first kappa shape index (κ1) is 22.7. The molecule has 202 valence electrons. The summed E-state index contributed by atoms with van der Waals surface area (Å²) in [6, 6.07) is 53.9. The summed E-state index contributed by atoms with van der Waals surface area (Å²) in [4.78, 5) is 0. The van der Waals surface area contributed by atoms with Gasteiger partial charge in [-0.05, 0) is 64.7 Å². The van der Waals surface area contributed by atoms with Gasteiger partial charge in [0.2, 0.25) is 0 Å². The van der Waals surface area contributed by atoms with Crippen molar-refractivity contribution in [1.29, 1.82) is 0 Å². The van der Waals surface area contributed by atoms with Gasteiger partial charge in [-0.1, -0.05) is 103 Å². The van der Waals surface area contributed by atoms with Crippen molar-refractivity contribution in [3.8, 4) is 22.3 Å². The lowest BCUT2D eigenvalue weighted by atomic mass is 9.97. The van der Waals surface area contributed by atoms with Gasteiger partial charge in [-0.3, -0.25) is 0 Å². The topological polar surface area (TPSA) is 8.82 Å². The fraction of sp³-hybridized carbons (Fsp3) is 0. The van der Waals surface area contributed by atoms with Crippen molar-refractivity contribution in [2.24, 2.45) is 0 Å². The smallest absolute Gasteiger partial charge is 0.0620 e. The maximum atomic E-state index is 2.48. The number of fused-ring (bicyclic) bond motifs is 12. The van der Waals surface area contributed by atoms with Crippen LogP contribution in [-0.2, 0) is 0 Å². The second-order valence-corrected chi connectivity index (χ2v) is 12.2. The van der Waals surface area contributed by atoms with Gasteiger partial charge in [0, 0.05) is 43.1 Å². The number of aromatic nitrogens is 2. The third-order valence-electron chi connectivity index (χ3n) is 9.96. The summed E-state index contributed by atoms with van der Waals surface area (Å²) in [5, 5.41) is 10.5. The Labute approximate surface area is 252 Å². The summed E-state index contributed by atoms with van der Waals surface area (Å²) < 4.78 is 4.94. The van der Waals surface area contributed by atoms with Crippen LogP contribution in [0.25, 0.3) is 98.4 Å². The molecule has 4 aromatic heterocycles. The van der Waals surface area contributed by atoms with E-state index in [0.717, 1.165) is 0 Å². The SMILES string of the molecule is c1ccc(-c2ccc3c(c2)c2cc(-c4ccc5c6cccc7c8ccccc8n(c5c4)c76)cc4c5ccccc5n3c42)cc1. The molecule has 2 nitrogen and oxygen atoms in total. The van der Waals surface area contributed by atoms with Crippen LogP contribution >= 0.6 is 0 Å². The molecule has 11 rings (SSSR count). The highest BCUT2D eigenvalue weighted by Crippen LogP contribution is 2.44. The van der Waals surface area contributed by atoms with Gasteiger partial charge in [-0.15, -0.1) is 0 Å². The summed E-state index contributed by atoms with van der Waals surface area (Å²) >= 11 is 0. The molecule has 0 saturated heterocycles. The minimum Gasteiger partial charge on any atom is -0.308 e. The van der Waals surface area contributed by atoms with Crippen LogP contribution in [0, 0.1) is 0 Å². The van der Waals surface area contributed by atoms with Gasteiger partial charge in [-0.25, -0.2) is 0 Å². The van der Waals surface area contributed by atoms with Crippen molar-refractivity contribution < 1.29 is 0 Å². The highest BCUT2D eigenvalue weighted by Gasteiger charge is 2.21. The number of hydrogen-bond donors (Lipinski definition) is 0. The molecular formula is C42H24N2. The molecule has 0 radical (unpaired) electrons. The lowest BCUT2D eigenvalue weighted by Crippen LogP contribution is -1.83. The second kappa shape index (κ2) is 7.94. The zero-order valence-corrected chi connectivity index (χ0v) is 23.8. The van der Waals surface area contributed by atoms with E-state index in [1.54, 1.807) is 0 Å². The average molecular weight is 557 g/mol. The Morgan fingerprint density at radius 1 is 0.250 bits per heavy atom. The predicted octanol–water partition coefficient (Wildman–Crippen LogP) is 11.3. The van der Waals surface area contributed by atoms with Gasteiger partial charge in [0.15, 0.2) is 0 Å². The average Bonchev–Trinajstić information content (AvgIpc) is 3.81. The first-order valence-electron chi connectivity index (χ1n) is 15.3. The van der Waals surface area contributed by atoms with Crippen molar-refractivity contribution >= 4 is 76.2 Å². The van der Waals surface area contributed by atoms with E-state index in [0.29, 0.717) is 0 Å². The van der Waals surface area contributed by atoms with E-state index in [1.165, 1.54) is 98.4 Å². The predicted molar refractivity (Wildman–Crippen MR) is 187 cm³/mol. The molecule has 4 heterocycles. The number of para-hydroxylation sites is 3. The van der Waals surface area contributed by atoms with Crippen LogP contribution in [-0.4, -0.2) is 8.80 Å². The van der Waals surface area contributed by atoms with Crippen LogP contribution in [0.1, 0.15) is 0 Å². The van der Waals surface area contributed by atoms with Gasteiger partial charge < -0.3 is 8.80 Å². The number of nitrogens with zero attached hydrogens (tertiary/aromatic N) is 2. The molecule has 11 aromatic rings. The summed E-state index contributed by atoms with van der Waals surface area (Å²) in [5.41, 5.74) is 12.7. The first-order chi connectivity index (χ1) is 21.8. The molecule has 0 spiro atoms. The number of benzene rings is 7.